The van der Waals surface area contributed by atoms with Crippen molar-refractivity contribution in [3.8, 4) is 5.75 Å². The van der Waals surface area contributed by atoms with Gasteiger partial charge >= 0.3 is 0 Å². The zero-order chi connectivity index (χ0) is 18.8. The topological polar surface area (TPSA) is 97.4 Å². The minimum atomic E-state index is -0.878. The van der Waals surface area contributed by atoms with Crippen molar-refractivity contribution in [2.24, 2.45) is 0 Å². The summed E-state index contributed by atoms with van der Waals surface area (Å²) in [6, 6.07) is 6.56. The Morgan fingerprint density at radius 3 is 2.20 bits per heavy atom. The lowest BCUT2D eigenvalue weighted by Gasteiger charge is -2.42. The van der Waals surface area contributed by atoms with Crippen LogP contribution in [-0.2, 0) is 0 Å². The Labute approximate surface area is 148 Å². The van der Waals surface area contributed by atoms with E-state index in [2.05, 4.69) is 15.6 Å². The van der Waals surface area contributed by atoms with Crippen LogP contribution in [0.3, 0.4) is 0 Å². The third-order valence-electron chi connectivity index (χ3n) is 4.32. The first-order valence-corrected chi connectivity index (χ1v) is 8.78. The van der Waals surface area contributed by atoms with Gasteiger partial charge in [-0.2, -0.15) is 0 Å². The standard InChI is InChI=1S/C19H29N3O3/c1-6-19(21-11(2)3,22-12(4)5)18(25)14-7-9-15(23)17-13(14)8-10-16(24)20-17/h7-12,18,21-23,25H,6H2,1-5H3,(H,20,24). The molecule has 6 nitrogen and oxygen atoms in total. The molecule has 2 rings (SSSR count). The van der Waals surface area contributed by atoms with E-state index in [0.29, 0.717) is 22.9 Å². The van der Waals surface area contributed by atoms with Crippen molar-refractivity contribution in [3.63, 3.8) is 0 Å². The second-order valence-electron chi connectivity index (χ2n) is 7.11. The Hall–Kier alpha value is -1.89. The number of aromatic amines is 1. The number of nitrogens with one attached hydrogen (secondary N) is 3. The van der Waals surface area contributed by atoms with Crippen molar-refractivity contribution in [1.82, 2.24) is 15.6 Å². The highest BCUT2D eigenvalue weighted by Gasteiger charge is 2.38. The SMILES string of the molecule is CCC(NC(C)C)(NC(C)C)C(O)c1ccc(O)c2[nH]c(=O)ccc12. The smallest absolute Gasteiger partial charge is 0.248 e. The molecule has 1 aromatic heterocycles. The molecule has 6 heteroatoms. The van der Waals surface area contributed by atoms with Crippen LogP contribution in [0.1, 0.15) is 52.7 Å². The molecule has 0 aliphatic carbocycles. The molecule has 0 aliphatic rings. The Kier molecular flexibility index (Phi) is 5.87. The second kappa shape index (κ2) is 7.56. The summed E-state index contributed by atoms with van der Waals surface area (Å²) in [4.78, 5) is 14.3. The Morgan fingerprint density at radius 2 is 1.68 bits per heavy atom. The number of phenols is 1. The normalized spacial score (nSPS) is 13.8. The summed E-state index contributed by atoms with van der Waals surface area (Å²) in [5.41, 5.74) is -0.0466. The van der Waals surface area contributed by atoms with Gasteiger partial charge in [0.1, 0.15) is 11.9 Å². The summed E-state index contributed by atoms with van der Waals surface area (Å²) in [7, 11) is 0. The Balaban J connectivity index is 2.63. The highest BCUT2D eigenvalue weighted by molar-refractivity contribution is 5.87. The number of aromatic hydroxyl groups is 1. The fraction of sp³-hybridized carbons (Fsp3) is 0.526. The number of aliphatic hydroxyl groups is 1. The predicted octanol–water partition coefficient (Wildman–Crippen LogP) is 2.37. The molecule has 1 unspecified atom stereocenters. The van der Waals surface area contributed by atoms with E-state index >= 15 is 0 Å². The summed E-state index contributed by atoms with van der Waals surface area (Å²) in [5, 5.41) is 28.9. The maximum Gasteiger partial charge on any atom is 0.248 e. The molecule has 0 bridgehead atoms. The number of hydrogen-bond acceptors (Lipinski definition) is 5. The zero-order valence-electron chi connectivity index (χ0n) is 15.6. The van der Waals surface area contributed by atoms with Crippen molar-refractivity contribution in [1.29, 1.82) is 0 Å². The molecule has 0 amide bonds. The molecule has 25 heavy (non-hydrogen) atoms. The summed E-state index contributed by atoms with van der Waals surface area (Å²) in [6.07, 6.45) is -0.229. The van der Waals surface area contributed by atoms with Crippen molar-refractivity contribution in [3.05, 3.63) is 40.2 Å². The van der Waals surface area contributed by atoms with Crippen LogP contribution in [0.2, 0.25) is 0 Å². The van der Waals surface area contributed by atoms with Crippen LogP contribution in [0.25, 0.3) is 10.9 Å². The molecule has 1 aromatic carbocycles. The van der Waals surface area contributed by atoms with E-state index in [-0.39, 0.29) is 23.4 Å². The van der Waals surface area contributed by atoms with E-state index in [0.717, 1.165) is 0 Å². The number of rotatable bonds is 7. The largest absolute Gasteiger partial charge is 0.506 e. The maximum atomic E-state index is 11.6. The summed E-state index contributed by atoms with van der Waals surface area (Å²) < 4.78 is 0. The Morgan fingerprint density at radius 1 is 1.08 bits per heavy atom. The molecule has 0 radical (unpaired) electrons. The lowest BCUT2D eigenvalue weighted by molar-refractivity contribution is 0.0205. The van der Waals surface area contributed by atoms with Crippen molar-refractivity contribution >= 4 is 10.9 Å². The number of hydrogen-bond donors (Lipinski definition) is 5. The molecule has 0 fully saturated rings. The van der Waals surface area contributed by atoms with Crippen LogP contribution in [0.4, 0.5) is 0 Å². The van der Waals surface area contributed by atoms with Gasteiger partial charge in [0, 0.05) is 23.5 Å². The monoisotopic (exact) mass is 347 g/mol. The number of pyridine rings is 1. The van der Waals surface area contributed by atoms with E-state index < -0.39 is 11.8 Å². The molecule has 0 saturated heterocycles. The maximum absolute atomic E-state index is 11.6. The molecule has 5 N–H and O–H groups in total. The van der Waals surface area contributed by atoms with Gasteiger partial charge in [-0.05, 0) is 51.8 Å². The molecule has 0 spiro atoms. The number of fused-ring (bicyclic) bond motifs is 1. The zero-order valence-corrected chi connectivity index (χ0v) is 15.6. The van der Waals surface area contributed by atoms with E-state index in [1.165, 1.54) is 12.1 Å². The fourth-order valence-electron chi connectivity index (χ4n) is 3.39. The van der Waals surface area contributed by atoms with Crippen molar-refractivity contribution < 1.29 is 10.2 Å². The van der Waals surface area contributed by atoms with E-state index in [1.54, 1.807) is 12.1 Å². The van der Waals surface area contributed by atoms with Crippen LogP contribution >= 0.6 is 0 Å². The quantitative estimate of drug-likeness (QED) is 0.496. The van der Waals surface area contributed by atoms with Gasteiger partial charge in [-0.3, -0.25) is 15.4 Å². The van der Waals surface area contributed by atoms with Gasteiger partial charge in [-0.15, -0.1) is 0 Å². The highest BCUT2D eigenvalue weighted by atomic mass is 16.3. The summed E-state index contributed by atoms with van der Waals surface area (Å²) >= 11 is 0. The molecular weight excluding hydrogens is 318 g/mol. The molecular formula is C19H29N3O3. The van der Waals surface area contributed by atoms with Gasteiger partial charge in [-0.1, -0.05) is 13.0 Å². The van der Waals surface area contributed by atoms with Gasteiger partial charge in [-0.25, -0.2) is 0 Å². The number of aromatic nitrogens is 1. The number of phenolic OH excluding ortho intramolecular Hbond substituents is 1. The molecule has 1 heterocycles. The van der Waals surface area contributed by atoms with Gasteiger partial charge < -0.3 is 15.2 Å². The van der Waals surface area contributed by atoms with Gasteiger partial charge in [0.15, 0.2) is 0 Å². The first-order valence-electron chi connectivity index (χ1n) is 8.78. The van der Waals surface area contributed by atoms with Crippen LogP contribution in [0.5, 0.6) is 5.75 Å². The van der Waals surface area contributed by atoms with Crippen LogP contribution < -0.4 is 16.2 Å². The first kappa shape index (κ1) is 19.4. The van der Waals surface area contributed by atoms with Crippen LogP contribution in [0, 0.1) is 0 Å². The third-order valence-corrected chi connectivity index (χ3v) is 4.32. The molecule has 0 aliphatic heterocycles. The van der Waals surface area contributed by atoms with Crippen LogP contribution in [0.15, 0.2) is 29.1 Å². The average molecular weight is 347 g/mol. The van der Waals surface area contributed by atoms with Crippen molar-refractivity contribution in [2.75, 3.05) is 0 Å². The fourth-order valence-corrected chi connectivity index (χ4v) is 3.39. The van der Waals surface area contributed by atoms with Crippen molar-refractivity contribution in [2.45, 2.75) is 64.9 Å². The highest BCUT2D eigenvalue weighted by Crippen LogP contribution is 2.34. The molecule has 2 aromatic rings. The lowest BCUT2D eigenvalue weighted by atomic mass is 9.89. The first-order chi connectivity index (χ1) is 11.7. The molecule has 138 valence electrons. The van der Waals surface area contributed by atoms with E-state index in [9.17, 15) is 15.0 Å². The van der Waals surface area contributed by atoms with Crippen LogP contribution in [-0.4, -0.2) is 32.9 Å². The minimum Gasteiger partial charge on any atom is -0.506 e. The second-order valence-corrected chi connectivity index (χ2v) is 7.11. The minimum absolute atomic E-state index is 0.0145. The third kappa shape index (κ3) is 4.03. The summed E-state index contributed by atoms with van der Waals surface area (Å²) in [5.74, 6) is -0.0145. The summed E-state index contributed by atoms with van der Waals surface area (Å²) in [6.45, 7) is 10.1. The molecule has 0 saturated carbocycles. The van der Waals surface area contributed by atoms with Gasteiger partial charge in [0.05, 0.1) is 11.2 Å². The van der Waals surface area contributed by atoms with Gasteiger partial charge in [0.25, 0.3) is 0 Å². The van der Waals surface area contributed by atoms with E-state index in [1.807, 2.05) is 34.6 Å². The van der Waals surface area contributed by atoms with E-state index in [4.69, 9.17) is 0 Å². The number of H-pyrrole nitrogens is 1. The average Bonchev–Trinajstić information content (AvgIpc) is 2.53. The Bertz CT molecular complexity index is 773. The predicted molar refractivity (Wildman–Crippen MR) is 101 cm³/mol. The lowest BCUT2D eigenvalue weighted by Crippen LogP contribution is -2.64. The number of benzene rings is 1. The molecule has 1 atom stereocenters. The number of aliphatic hydroxyl groups excluding tert-OH is 1. The van der Waals surface area contributed by atoms with Gasteiger partial charge in [0.2, 0.25) is 5.56 Å².